The summed E-state index contributed by atoms with van der Waals surface area (Å²) in [5, 5.41) is 0. The largest absolute Gasteiger partial charge is 0.329 e. The molecule has 1 heterocycles. The van der Waals surface area contributed by atoms with Crippen molar-refractivity contribution in [2.45, 2.75) is 57.9 Å². The Labute approximate surface area is 119 Å². The second-order valence-electron chi connectivity index (χ2n) is 7.56. The molecule has 0 radical (unpaired) electrons. The van der Waals surface area contributed by atoms with E-state index in [1.54, 1.807) is 0 Å². The molecule has 1 saturated carbocycles. The van der Waals surface area contributed by atoms with E-state index in [1.807, 2.05) is 0 Å². The van der Waals surface area contributed by atoms with Crippen LogP contribution in [0.1, 0.15) is 52.4 Å². The fraction of sp³-hybridized carbons (Fsp3) is 1.00. The van der Waals surface area contributed by atoms with Crippen molar-refractivity contribution in [3.8, 4) is 0 Å². The zero-order chi connectivity index (χ0) is 13.9. The lowest BCUT2D eigenvalue weighted by Gasteiger charge is -2.48. The number of likely N-dealkylation sites (N-methyl/N-ethyl adjacent to an activating group) is 1. The van der Waals surface area contributed by atoms with E-state index in [9.17, 15) is 0 Å². The Bertz CT molecular complexity index is 272. The van der Waals surface area contributed by atoms with Crippen LogP contribution in [0.3, 0.4) is 0 Å². The molecule has 0 aromatic heterocycles. The van der Waals surface area contributed by atoms with Gasteiger partial charge in [0.1, 0.15) is 0 Å². The van der Waals surface area contributed by atoms with Crippen molar-refractivity contribution in [3.05, 3.63) is 0 Å². The predicted molar refractivity (Wildman–Crippen MR) is 82.3 cm³/mol. The molecule has 2 fully saturated rings. The van der Waals surface area contributed by atoms with Crippen LogP contribution in [-0.2, 0) is 0 Å². The van der Waals surface area contributed by atoms with E-state index in [2.05, 4.69) is 30.7 Å². The molecule has 3 heteroatoms. The van der Waals surface area contributed by atoms with E-state index >= 15 is 0 Å². The summed E-state index contributed by atoms with van der Waals surface area (Å²) in [6.07, 6.45) is 7.95. The minimum atomic E-state index is 0.273. The number of likely N-dealkylation sites (tertiary alicyclic amines) is 1. The first-order valence-electron chi connectivity index (χ1n) is 8.11. The summed E-state index contributed by atoms with van der Waals surface area (Å²) in [7, 11) is 2.29. The Hall–Kier alpha value is -0.120. The Morgan fingerprint density at radius 2 is 1.63 bits per heavy atom. The van der Waals surface area contributed by atoms with Crippen molar-refractivity contribution in [1.29, 1.82) is 0 Å². The van der Waals surface area contributed by atoms with E-state index < -0.39 is 0 Å². The SMILES string of the molecule is CN(CCN1CCCC1)C1(CN)CCC(C)(C)CC1. The van der Waals surface area contributed by atoms with Crippen LogP contribution < -0.4 is 5.73 Å². The van der Waals surface area contributed by atoms with Crippen LogP contribution in [0.25, 0.3) is 0 Å². The number of rotatable bonds is 5. The fourth-order valence-corrected chi connectivity index (χ4v) is 3.67. The molecule has 0 atom stereocenters. The maximum Gasteiger partial charge on any atom is 0.0329 e. The number of nitrogens with two attached hydrogens (primary N) is 1. The van der Waals surface area contributed by atoms with E-state index in [4.69, 9.17) is 5.73 Å². The lowest BCUT2D eigenvalue weighted by atomic mass is 9.69. The maximum absolute atomic E-state index is 6.16. The standard InChI is InChI=1S/C16H33N3/c1-15(2)6-8-16(14-17,9-7-15)18(3)12-13-19-10-4-5-11-19/h4-14,17H2,1-3H3. The summed E-state index contributed by atoms with van der Waals surface area (Å²) in [6, 6.07) is 0. The van der Waals surface area contributed by atoms with Gasteiger partial charge < -0.3 is 10.6 Å². The molecule has 0 aromatic carbocycles. The van der Waals surface area contributed by atoms with Gasteiger partial charge in [0.25, 0.3) is 0 Å². The average Bonchev–Trinajstić information content (AvgIpc) is 2.90. The molecule has 2 rings (SSSR count). The van der Waals surface area contributed by atoms with Gasteiger partial charge in [-0.2, -0.15) is 0 Å². The molecule has 0 amide bonds. The zero-order valence-electron chi connectivity index (χ0n) is 13.2. The van der Waals surface area contributed by atoms with Gasteiger partial charge in [0.05, 0.1) is 0 Å². The lowest BCUT2D eigenvalue weighted by molar-refractivity contribution is 0.0367. The molecule has 1 saturated heterocycles. The third-order valence-electron chi connectivity index (χ3n) is 5.67. The third-order valence-corrected chi connectivity index (χ3v) is 5.67. The van der Waals surface area contributed by atoms with Gasteiger partial charge in [-0.1, -0.05) is 13.8 Å². The Morgan fingerprint density at radius 3 is 2.16 bits per heavy atom. The second kappa shape index (κ2) is 6.11. The minimum Gasteiger partial charge on any atom is -0.329 e. The summed E-state index contributed by atoms with van der Waals surface area (Å²) in [4.78, 5) is 5.17. The molecule has 0 spiro atoms. The number of hydrogen-bond acceptors (Lipinski definition) is 3. The van der Waals surface area contributed by atoms with Gasteiger partial charge in [0.2, 0.25) is 0 Å². The topological polar surface area (TPSA) is 32.5 Å². The van der Waals surface area contributed by atoms with E-state index in [0.717, 1.165) is 6.54 Å². The van der Waals surface area contributed by atoms with Gasteiger partial charge in [-0.15, -0.1) is 0 Å². The Balaban J connectivity index is 1.85. The van der Waals surface area contributed by atoms with Gasteiger partial charge in [-0.05, 0) is 64.1 Å². The molecule has 2 N–H and O–H groups in total. The molecular formula is C16H33N3. The minimum absolute atomic E-state index is 0.273. The van der Waals surface area contributed by atoms with E-state index in [1.165, 1.54) is 64.7 Å². The van der Waals surface area contributed by atoms with Crippen molar-refractivity contribution < 1.29 is 0 Å². The predicted octanol–water partition coefficient (Wildman–Crippen LogP) is 2.31. The second-order valence-corrected chi connectivity index (χ2v) is 7.56. The quantitative estimate of drug-likeness (QED) is 0.830. The fourth-order valence-electron chi connectivity index (χ4n) is 3.67. The Kier molecular flexibility index (Phi) is 4.91. The van der Waals surface area contributed by atoms with E-state index in [0.29, 0.717) is 5.41 Å². The lowest BCUT2D eigenvalue weighted by Crippen LogP contribution is -2.56. The molecule has 2 aliphatic rings. The molecule has 0 aromatic rings. The smallest absolute Gasteiger partial charge is 0.0329 e. The first-order chi connectivity index (χ1) is 8.97. The molecule has 19 heavy (non-hydrogen) atoms. The first-order valence-corrected chi connectivity index (χ1v) is 8.11. The van der Waals surface area contributed by atoms with E-state index in [-0.39, 0.29) is 5.54 Å². The van der Waals surface area contributed by atoms with Gasteiger partial charge >= 0.3 is 0 Å². The summed E-state index contributed by atoms with van der Waals surface area (Å²) in [5.74, 6) is 0. The van der Waals surface area contributed by atoms with Crippen LogP contribution in [0, 0.1) is 5.41 Å². The highest BCUT2D eigenvalue weighted by atomic mass is 15.2. The van der Waals surface area contributed by atoms with Gasteiger partial charge in [-0.25, -0.2) is 0 Å². The van der Waals surface area contributed by atoms with Crippen LogP contribution in [0.5, 0.6) is 0 Å². The third kappa shape index (κ3) is 3.71. The summed E-state index contributed by atoms with van der Waals surface area (Å²) >= 11 is 0. The summed E-state index contributed by atoms with van der Waals surface area (Å²) in [5.41, 5.74) is 6.95. The van der Waals surface area contributed by atoms with Crippen LogP contribution in [-0.4, -0.2) is 55.1 Å². The molecule has 0 unspecified atom stereocenters. The van der Waals surface area contributed by atoms with Crippen LogP contribution in [0.2, 0.25) is 0 Å². The zero-order valence-corrected chi connectivity index (χ0v) is 13.2. The van der Waals surface area contributed by atoms with Crippen molar-refractivity contribution in [2.75, 3.05) is 39.8 Å². The highest BCUT2D eigenvalue weighted by molar-refractivity contribution is 4.97. The average molecular weight is 267 g/mol. The highest BCUT2D eigenvalue weighted by Crippen LogP contribution is 2.42. The Morgan fingerprint density at radius 1 is 1.05 bits per heavy atom. The highest BCUT2D eigenvalue weighted by Gasteiger charge is 2.40. The molecule has 3 nitrogen and oxygen atoms in total. The number of hydrogen-bond donors (Lipinski definition) is 1. The molecule has 112 valence electrons. The van der Waals surface area contributed by atoms with Crippen LogP contribution in [0.15, 0.2) is 0 Å². The number of nitrogens with zero attached hydrogens (tertiary/aromatic N) is 2. The van der Waals surface area contributed by atoms with Crippen molar-refractivity contribution in [3.63, 3.8) is 0 Å². The molecule has 1 aliphatic heterocycles. The van der Waals surface area contributed by atoms with Crippen LogP contribution >= 0.6 is 0 Å². The van der Waals surface area contributed by atoms with Crippen molar-refractivity contribution in [1.82, 2.24) is 9.80 Å². The van der Waals surface area contributed by atoms with Crippen LogP contribution in [0.4, 0.5) is 0 Å². The maximum atomic E-state index is 6.16. The monoisotopic (exact) mass is 267 g/mol. The first kappa shape index (κ1) is 15.3. The normalized spacial score (nSPS) is 27.0. The van der Waals surface area contributed by atoms with Gasteiger partial charge in [0, 0.05) is 25.2 Å². The van der Waals surface area contributed by atoms with Crippen molar-refractivity contribution in [2.24, 2.45) is 11.1 Å². The summed E-state index contributed by atoms with van der Waals surface area (Å²) < 4.78 is 0. The van der Waals surface area contributed by atoms with Crippen molar-refractivity contribution >= 4 is 0 Å². The molecule has 1 aliphatic carbocycles. The summed E-state index contributed by atoms with van der Waals surface area (Å²) in [6.45, 7) is 10.6. The van der Waals surface area contributed by atoms with Gasteiger partial charge in [0.15, 0.2) is 0 Å². The molecular weight excluding hydrogens is 234 g/mol. The molecule has 0 bridgehead atoms. The van der Waals surface area contributed by atoms with Gasteiger partial charge in [-0.3, -0.25) is 4.90 Å².